The molecule has 0 radical (unpaired) electrons. The van der Waals surface area contributed by atoms with Crippen LogP contribution in [-0.2, 0) is 11.2 Å². The topological polar surface area (TPSA) is 84.9 Å². The molecule has 196 valence electrons. The number of carbonyl (C=O) groups excluding carboxylic acids is 2. The summed E-state index contributed by atoms with van der Waals surface area (Å²) < 4.78 is 12.9. The lowest BCUT2D eigenvalue weighted by Crippen LogP contribution is -2.61. The molecule has 10 heteroatoms. The van der Waals surface area contributed by atoms with E-state index < -0.39 is 18.1 Å². The number of thioether (sulfide) groups is 1. The smallest absolute Gasteiger partial charge is 0.256 e. The van der Waals surface area contributed by atoms with Crippen LogP contribution in [-0.4, -0.2) is 75.8 Å². The third-order valence-corrected chi connectivity index (χ3v) is 7.27. The van der Waals surface area contributed by atoms with E-state index in [-0.39, 0.29) is 34.7 Å². The van der Waals surface area contributed by atoms with Crippen molar-refractivity contribution < 1.29 is 19.1 Å². The third-order valence-electron chi connectivity index (χ3n) is 5.82. The molecule has 0 aliphatic carbocycles. The van der Waals surface area contributed by atoms with E-state index in [1.54, 1.807) is 45.8 Å². The van der Waals surface area contributed by atoms with Crippen molar-refractivity contribution in [2.75, 3.05) is 37.4 Å². The number of carbonyl (C=O) groups is 2. The van der Waals surface area contributed by atoms with Gasteiger partial charge >= 0.3 is 0 Å². The zero-order chi connectivity index (χ0) is 26.5. The lowest BCUT2D eigenvalue weighted by atomic mass is 10.0. The molecule has 2 amide bonds. The van der Waals surface area contributed by atoms with Gasteiger partial charge in [-0.3, -0.25) is 14.9 Å². The molecule has 1 aromatic rings. The maximum Gasteiger partial charge on any atom is 0.256 e. The van der Waals surface area contributed by atoms with Crippen molar-refractivity contribution in [1.29, 1.82) is 0 Å². The number of anilines is 1. The van der Waals surface area contributed by atoms with Crippen molar-refractivity contribution in [1.82, 2.24) is 15.1 Å². The first kappa shape index (κ1) is 28.2. The second-order valence-electron chi connectivity index (χ2n) is 9.79. The lowest BCUT2D eigenvalue weighted by molar-refractivity contribution is -0.133. The van der Waals surface area contributed by atoms with Gasteiger partial charge in [0.05, 0.1) is 18.2 Å². The summed E-state index contributed by atoms with van der Waals surface area (Å²) in [6.07, 6.45) is 3.94. The van der Waals surface area contributed by atoms with Crippen molar-refractivity contribution in [3.63, 3.8) is 0 Å². The number of benzene rings is 1. The number of aliphatic hydroxyl groups is 1. The predicted molar refractivity (Wildman–Crippen MR) is 145 cm³/mol. The predicted octanol–water partition coefficient (Wildman–Crippen LogP) is 3.87. The van der Waals surface area contributed by atoms with Crippen LogP contribution < -0.4 is 10.6 Å². The van der Waals surface area contributed by atoms with Crippen molar-refractivity contribution in [3.8, 4) is 0 Å². The molecule has 1 fully saturated rings. The molecule has 0 bridgehead atoms. The number of rotatable bonds is 8. The minimum atomic E-state index is -1.02. The molecule has 0 saturated carbocycles. The van der Waals surface area contributed by atoms with Gasteiger partial charge < -0.3 is 20.2 Å². The van der Waals surface area contributed by atoms with E-state index >= 15 is 0 Å². The number of aliphatic hydroxyl groups excluding tert-OH is 1. The zero-order valence-electron chi connectivity index (χ0n) is 20.9. The van der Waals surface area contributed by atoms with Gasteiger partial charge in [-0.1, -0.05) is 51.1 Å². The standard InChI is InChI=1S/C26H34ClFN4O3S/c1-17(28)12-19(27)7-5-6-18-8-9-21-20(13-18)25(35)32-11-10-31(15-22(32)24(34)30-21)23(33)14-29-16-36-26(2,3)4/h5,7-9,12-13,22,24,29-30,34H,1,6,10-11,14-16H2,2-4H3. The van der Waals surface area contributed by atoms with Crippen LogP contribution in [0.4, 0.5) is 10.1 Å². The summed E-state index contributed by atoms with van der Waals surface area (Å²) >= 11 is 7.65. The van der Waals surface area contributed by atoms with Crippen molar-refractivity contribution >= 4 is 40.9 Å². The highest BCUT2D eigenvalue weighted by Crippen LogP contribution is 2.28. The van der Waals surface area contributed by atoms with Gasteiger partial charge in [0.2, 0.25) is 5.91 Å². The van der Waals surface area contributed by atoms with Crippen LogP contribution in [0.2, 0.25) is 0 Å². The van der Waals surface area contributed by atoms with E-state index in [1.807, 2.05) is 6.07 Å². The summed E-state index contributed by atoms with van der Waals surface area (Å²) in [6.45, 7) is 10.7. The monoisotopic (exact) mass is 536 g/mol. The number of nitrogens with one attached hydrogen (secondary N) is 2. The van der Waals surface area contributed by atoms with Crippen LogP contribution in [0.3, 0.4) is 0 Å². The maximum atomic E-state index is 13.4. The molecule has 1 saturated heterocycles. The molecule has 2 heterocycles. The fourth-order valence-corrected chi connectivity index (χ4v) is 4.88. The van der Waals surface area contributed by atoms with Gasteiger partial charge in [0, 0.05) is 41.0 Å². The van der Waals surface area contributed by atoms with Crippen LogP contribution >= 0.6 is 23.4 Å². The molecule has 3 rings (SSSR count). The number of hydrogen-bond acceptors (Lipinski definition) is 6. The number of halogens is 2. The zero-order valence-corrected chi connectivity index (χ0v) is 22.5. The van der Waals surface area contributed by atoms with E-state index in [0.29, 0.717) is 36.6 Å². The average Bonchev–Trinajstić information content (AvgIpc) is 2.90. The molecule has 2 aliphatic rings. The summed E-state index contributed by atoms with van der Waals surface area (Å²) in [7, 11) is 0. The van der Waals surface area contributed by atoms with Crippen LogP contribution in [0.15, 0.2) is 53.9 Å². The number of fused-ring (bicyclic) bond motifs is 2. The van der Waals surface area contributed by atoms with Gasteiger partial charge in [-0.15, -0.1) is 11.8 Å². The van der Waals surface area contributed by atoms with Gasteiger partial charge in [0.25, 0.3) is 5.91 Å². The van der Waals surface area contributed by atoms with Crippen LogP contribution in [0.5, 0.6) is 0 Å². The Morgan fingerprint density at radius 1 is 1.39 bits per heavy atom. The van der Waals surface area contributed by atoms with E-state index in [0.717, 1.165) is 11.6 Å². The Hall–Kier alpha value is -2.33. The van der Waals surface area contributed by atoms with Crippen molar-refractivity contribution in [3.05, 3.63) is 65.0 Å². The molecule has 0 spiro atoms. The molecular weight excluding hydrogens is 503 g/mol. The molecule has 36 heavy (non-hydrogen) atoms. The van der Waals surface area contributed by atoms with Crippen LogP contribution in [0, 0.1) is 0 Å². The normalized spacial score (nSPS) is 20.6. The number of amides is 2. The van der Waals surface area contributed by atoms with E-state index in [1.165, 1.54) is 0 Å². The molecule has 7 nitrogen and oxygen atoms in total. The first-order valence-electron chi connectivity index (χ1n) is 11.8. The molecular formula is C26H34ClFN4O3S. The number of hydrogen-bond donors (Lipinski definition) is 3. The Bertz CT molecular complexity index is 1060. The summed E-state index contributed by atoms with van der Waals surface area (Å²) in [4.78, 5) is 29.5. The second kappa shape index (κ2) is 12.3. The SMILES string of the molecule is C=C(F)C=C(Cl)C=CCc1ccc2c(c1)C(=O)N1CCN(C(=O)CNCSC(C)(C)C)CC1C(O)N2. The first-order valence-corrected chi connectivity index (χ1v) is 13.2. The van der Waals surface area contributed by atoms with Gasteiger partial charge in [0.15, 0.2) is 0 Å². The highest BCUT2D eigenvalue weighted by atomic mass is 35.5. The third kappa shape index (κ3) is 7.83. The van der Waals surface area contributed by atoms with Crippen molar-refractivity contribution in [2.24, 2.45) is 0 Å². The minimum Gasteiger partial charge on any atom is -0.372 e. The summed E-state index contributed by atoms with van der Waals surface area (Å²) in [5.74, 6) is -0.203. The van der Waals surface area contributed by atoms with Crippen molar-refractivity contribution in [2.45, 2.75) is 44.2 Å². The van der Waals surface area contributed by atoms with E-state index in [4.69, 9.17) is 11.6 Å². The number of piperazine rings is 1. The highest BCUT2D eigenvalue weighted by molar-refractivity contribution is 8.00. The van der Waals surface area contributed by atoms with Crippen LogP contribution in [0.1, 0.15) is 36.7 Å². The van der Waals surface area contributed by atoms with Gasteiger partial charge in [-0.2, -0.15) is 0 Å². The molecule has 1 aromatic carbocycles. The molecule has 2 atom stereocenters. The molecule has 2 unspecified atom stereocenters. The van der Waals surface area contributed by atoms with Gasteiger partial charge in [0.1, 0.15) is 12.1 Å². The highest BCUT2D eigenvalue weighted by Gasteiger charge is 2.40. The average molecular weight is 537 g/mol. The Balaban J connectivity index is 1.65. The second-order valence-corrected chi connectivity index (χ2v) is 12.0. The Labute approximate surface area is 221 Å². The van der Waals surface area contributed by atoms with Crippen LogP contribution in [0.25, 0.3) is 0 Å². The fraction of sp³-hybridized carbons (Fsp3) is 0.462. The summed E-state index contributed by atoms with van der Waals surface area (Å²) in [5.41, 5.74) is 1.87. The minimum absolute atomic E-state index is 0.0521. The first-order chi connectivity index (χ1) is 16.9. The maximum absolute atomic E-state index is 13.4. The quantitative estimate of drug-likeness (QED) is 0.266. The van der Waals surface area contributed by atoms with Gasteiger partial charge in [-0.25, -0.2) is 4.39 Å². The Kier molecular flexibility index (Phi) is 9.63. The Morgan fingerprint density at radius 3 is 2.83 bits per heavy atom. The summed E-state index contributed by atoms with van der Waals surface area (Å²) in [6, 6.07) is 4.83. The van der Waals surface area contributed by atoms with Gasteiger partial charge in [-0.05, 0) is 36.3 Å². The Morgan fingerprint density at radius 2 is 2.14 bits per heavy atom. The van der Waals surface area contributed by atoms with E-state index in [9.17, 15) is 19.1 Å². The molecule has 3 N–H and O–H groups in total. The number of allylic oxidation sites excluding steroid dienone is 5. The fourth-order valence-electron chi connectivity index (χ4n) is 4.03. The lowest BCUT2D eigenvalue weighted by Gasteiger charge is -2.42. The largest absolute Gasteiger partial charge is 0.372 e. The van der Waals surface area contributed by atoms with E-state index in [2.05, 4.69) is 38.0 Å². The molecule has 2 aliphatic heterocycles. The summed E-state index contributed by atoms with van der Waals surface area (Å²) in [5, 5.41) is 17.3. The number of nitrogens with zero attached hydrogens (tertiary/aromatic N) is 2. The molecule has 0 aromatic heterocycles.